The van der Waals surface area contributed by atoms with E-state index in [9.17, 15) is 18.8 Å². The summed E-state index contributed by atoms with van der Waals surface area (Å²) in [5.74, 6) is 0.208. The summed E-state index contributed by atoms with van der Waals surface area (Å²) in [6, 6.07) is 8.16. The Labute approximate surface area is 180 Å². The number of para-hydroxylation sites is 1. The Morgan fingerprint density at radius 2 is 1.68 bits per heavy atom. The summed E-state index contributed by atoms with van der Waals surface area (Å²) in [6.45, 7) is 3.46. The van der Waals surface area contributed by atoms with Gasteiger partial charge in [-0.2, -0.15) is 0 Å². The van der Waals surface area contributed by atoms with Crippen LogP contribution in [0.25, 0.3) is 0 Å². The number of piperazine rings is 1. The topological polar surface area (TPSA) is 70.8 Å². The van der Waals surface area contributed by atoms with Crippen LogP contribution in [0.2, 0.25) is 0 Å². The fraction of sp³-hybridized carbons (Fsp3) is 0.500. The zero-order valence-corrected chi connectivity index (χ0v) is 18.0. The Morgan fingerprint density at radius 1 is 0.968 bits per heavy atom. The van der Waals surface area contributed by atoms with Crippen molar-refractivity contribution >= 4 is 17.4 Å². The summed E-state index contributed by atoms with van der Waals surface area (Å²) < 4.78 is 16.6. The molecule has 0 aliphatic carbocycles. The highest BCUT2D eigenvalue weighted by Crippen LogP contribution is 2.25. The number of hydrogen-bond acceptors (Lipinski definition) is 5. The van der Waals surface area contributed by atoms with Crippen LogP contribution >= 0.6 is 0 Å². The Kier molecular flexibility index (Phi) is 5.84. The van der Waals surface area contributed by atoms with Gasteiger partial charge in [0.05, 0.1) is 11.6 Å². The van der Waals surface area contributed by atoms with Crippen molar-refractivity contribution in [1.82, 2.24) is 14.0 Å². The Morgan fingerprint density at radius 3 is 2.39 bits per heavy atom. The van der Waals surface area contributed by atoms with E-state index >= 15 is 0 Å². The summed E-state index contributed by atoms with van der Waals surface area (Å²) in [6.07, 6.45) is 1.59. The largest absolute Gasteiger partial charge is 0.366 e. The van der Waals surface area contributed by atoms with Crippen LogP contribution in [0.15, 0.2) is 39.9 Å². The van der Waals surface area contributed by atoms with Crippen molar-refractivity contribution in [3.8, 4) is 0 Å². The van der Waals surface area contributed by atoms with Gasteiger partial charge in [-0.3, -0.25) is 18.7 Å². The molecule has 0 N–H and O–H groups in total. The van der Waals surface area contributed by atoms with E-state index in [0.29, 0.717) is 50.8 Å². The van der Waals surface area contributed by atoms with Gasteiger partial charge in [0, 0.05) is 59.4 Å². The number of carbonyl (C=O) groups excluding carboxylic acids is 1. The van der Waals surface area contributed by atoms with Gasteiger partial charge in [0.15, 0.2) is 0 Å². The van der Waals surface area contributed by atoms with Gasteiger partial charge in [-0.15, -0.1) is 0 Å². The van der Waals surface area contributed by atoms with Crippen LogP contribution in [0.3, 0.4) is 0 Å². The van der Waals surface area contributed by atoms with Crippen molar-refractivity contribution in [2.45, 2.75) is 12.8 Å². The average Bonchev–Trinajstić information content (AvgIpc) is 2.80. The van der Waals surface area contributed by atoms with Crippen LogP contribution in [0, 0.1) is 11.7 Å². The number of rotatable bonds is 3. The van der Waals surface area contributed by atoms with E-state index in [1.54, 1.807) is 19.2 Å². The third-order valence-corrected chi connectivity index (χ3v) is 6.38. The molecule has 1 aromatic carbocycles. The number of carbonyl (C=O) groups is 1. The number of nitrogens with zero attached hydrogens (tertiary/aromatic N) is 5. The zero-order chi connectivity index (χ0) is 22.1. The van der Waals surface area contributed by atoms with Gasteiger partial charge in [0.2, 0.25) is 5.91 Å². The first-order valence-corrected chi connectivity index (χ1v) is 10.7. The van der Waals surface area contributed by atoms with Crippen molar-refractivity contribution in [3.05, 3.63) is 57.0 Å². The van der Waals surface area contributed by atoms with Crippen LogP contribution in [0.5, 0.6) is 0 Å². The fourth-order valence-electron chi connectivity index (χ4n) is 4.55. The molecule has 0 radical (unpaired) electrons. The van der Waals surface area contributed by atoms with E-state index in [2.05, 4.69) is 0 Å². The highest BCUT2D eigenvalue weighted by atomic mass is 19.1. The van der Waals surface area contributed by atoms with Crippen molar-refractivity contribution in [1.29, 1.82) is 0 Å². The van der Waals surface area contributed by atoms with Gasteiger partial charge in [-0.25, -0.2) is 9.18 Å². The lowest BCUT2D eigenvalue weighted by molar-refractivity contribution is -0.136. The smallest absolute Gasteiger partial charge is 0.332 e. The van der Waals surface area contributed by atoms with E-state index in [0.717, 1.165) is 17.4 Å². The first-order chi connectivity index (χ1) is 14.9. The van der Waals surface area contributed by atoms with Crippen molar-refractivity contribution < 1.29 is 9.18 Å². The van der Waals surface area contributed by atoms with Crippen molar-refractivity contribution in [3.63, 3.8) is 0 Å². The van der Waals surface area contributed by atoms with E-state index in [-0.39, 0.29) is 28.9 Å². The maximum Gasteiger partial charge on any atom is 0.332 e. The molecule has 2 saturated heterocycles. The van der Waals surface area contributed by atoms with E-state index in [4.69, 9.17) is 0 Å². The van der Waals surface area contributed by atoms with Gasteiger partial charge >= 0.3 is 5.69 Å². The molecule has 0 bridgehead atoms. The first kappa shape index (κ1) is 21.1. The molecule has 0 unspecified atom stereocenters. The third kappa shape index (κ3) is 4.08. The molecule has 2 aliphatic rings. The standard InChI is InChI=1S/C22H28FN5O3/c1-24-19(14-20(29)25(2)22(24)31)28-9-5-6-16(15-28)21(30)27-12-10-26(11-13-27)18-8-4-3-7-17(18)23/h3-4,7-8,14,16H,5-6,9-13,15H2,1-2H3/t16-/m1/s1. The molecule has 9 heteroatoms. The molecule has 4 rings (SSSR count). The number of piperidine rings is 1. The van der Waals surface area contributed by atoms with Gasteiger partial charge < -0.3 is 14.7 Å². The zero-order valence-electron chi connectivity index (χ0n) is 18.0. The minimum atomic E-state index is -0.375. The Bertz CT molecular complexity index is 1090. The second-order valence-electron chi connectivity index (χ2n) is 8.29. The van der Waals surface area contributed by atoms with Gasteiger partial charge in [-0.05, 0) is 25.0 Å². The quantitative estimate of drug-likeness (QED) is 0.722. The molecule has 0 saturated carbocycles. The van der Waals surface area contributed by atoms with Crippen LogP contribution in [-0.2, 0) is 18.9 Å². The van der Waals surface area contributed by atoms with Crippen LogP contribution in [0.1, 0.15) is 12.8 Å². The summed E-state index contributed by atoms with van der Waals surface area (Å²) in [4.78, 5) is 43.4. The van der Waals surface area contributed by atoms with Crippen LogP contribution < -0.4 is 21.0 Å². The number of hydrogen-bond donors (Lipinski definition) is 0. The summed E-state index contributed by atoms with van der Waals surface area (Å²) >= 11 is 0. The lowest BCUT2D eigenvalue weighted by Crippen LogP contribution is -2.53. The van der Waals surface area contributed by atoms with E-state index in [1.807, 2.05) is 20.8 Å². The third-order valence-electron chi connectivity index (χ3n) is 6.38. The molecule has 0 spiro atoms. The Hall–Kier alpha value is -3.10. The van der Waals surface area contributed by atoms with Gasteiger partial charge in [0.25, 0.3) is 5.56 Å². The summed E-state index contributed by atoms with van der Waals surface area (Å²) in [5, 5.41) is 0. The minimum Gasteiger partial charge on any atom is -0.366 e. The molecule has 8 nitrogen and oxygen atoms in total. The molecule has 1 amide bonds. The molecular formula is C22H28FN5O3. The summed E-state index contributed by atoms with van der Waals surface area (Å²) in [7, 11) is 3.10. The fourth-order valence-corrected chi connectivity index (χ4v) is 4.55. The number of amides is 1. The molecule has 31 heavy (non-hydrogen) atoms. The number of anilines is 2. The second-order valence-corrected chi connectivity index (χ2v) is 8.29. The van der Waals surface area contributed by atoms with Crippen LogP contribution in [-0.4, -0.2) is 59.2 Å². The number of halogens is 1. The first-order valence-electron chi connectivity index (χ1n) is 10.7. The maximum absolute atomic E-state index is 14.1. The lowest BCUT2D eigenvalue weighted by Gasteiger charge is -2.40. The maximum atomic E-state index is 14.1. The molecular weight excluding hydrogens is 401 g/mol. The second kappa shape index (κ2) is 8.56. The normalized spacial score (nSPS) is 19.6. The predicted octanol–water partition coefficient (Wildman–Crippen LogP) is 0.788. The van der Waals surface area contributed by atoms with Crippen LogP contribution in [0.4, 0.5) is 15.9 Å². The molecule has 2 aliphatic heterocycles. The molecule has 2 fully saturated rings. The predicted molar refractivity (Wildman–Crippen MR) is 117 cm³/mol. The molecule has 1 atom stereocenters. The molecule has 2 aromatic rings. The summed E-state index contributed by atoms with van der Waals surface area (Å²) in [5.41, 5.74) is -0.152. The molecule has 3 heterocycles. The van der Waals surface area contributed by atoms with Gasteiger partial charge in [-0.1, -0.05) is 12.1 Å². The van der Waals surface area contributed by atoms with Crippen molar-refractivity contribution in [2.75, 3.05) is 49.1 Å². The SMILES string of the molecule is Cn1c(N2CCC[C@@H](C(=O)N3CCN(c4ccccc4F)CC3)C2)cc(=O)n(C)c1=O. The van der Waals surface area contributed by atoms with Gasteiger partial charge in [0.1, 0.15) is 11.6 Å². The number of benzene rings is 1. The van der Waals surface area contributed by atoms with Crippen molar-refractivity contribution in [2.24, 2.45) is 20.0 Å². The monoisotopic (exact) mass is 429 g/mol. The average molecular weight is 429 g/mol. The molecule has 166 valence electrons. The van der Waals surface area contributed by atoms with E-state index in [1.165, 1.54) is 23.7 Å². The minimum absolute atomic E-state index is 0.0896. The van der Waals surface area contributed by atoms with E-state index < -0.39 is 0 Å². The number of aromatic nitrogens is 2. The lowest BCUT2D eigenvalue weighted by atomic mass is 9.96. The molecule has 1 aromatic heterocycles. The highest BCUT2D eigenvalue weighted by molar-refractivity contribution is 5.80. The Balaban J connectivity index is 1.43. The highest BCUT2D eigenvalue weighted by Gasteiger charge is 2.32.